The van der Waals surface area contributed by atoms with Crippen molar-refractivity contribution in [1.29, 1.82) is 0 Å². The molecule has 0 radical (unpaired) electrons. The number of aryl methyl sites for hydroxylation is 2. The van der Waals surface area contributed by atoms with Gasteiger partial charge in [-0.25, -0.2) is 0 Å². The van der Waals surface area contributed by atoms with Gasteiger partial charge in [0.2, 0.25) is 0 Å². The summed E-state index contributed by atoms with van der Waals surface area (Å²) in [6.45, 7) is 3.76. The molecular formula is C18H13O4-. The summed E-state index contributed by atoms with van der Waals surface area (Å²) in [6.07, 6.45) is 0. The van der Waals surface area contributed by atoms with E-state index in [-0.39, 0.29) is 16.8 Å². The lowest BCUT2D eigenvalue weighted by Gasteiger charge is -2.11. The van der Waals surface area contributed by atoms with Crippen LogP contribution in [0.4, 0.5) is 0 Å². The van der Waals surface area contributed by atoms with Crippen molar-refractivity contribution in [2.45, 2.75) is 13.8 Å². The largest absolute Gasteiger partial charge is 0.545 e. The first kappa shape index (κ1) is 14.1. The molecular weight excluding hydrogens is 280 g/mol. The molecule has 0 saturated carbocycles. The van der Waals surface area contributed by atoms with Gasteiger partial charge in [0.1, 0.15) is 11.3 Å². The monoisotopic (exact) mass is 293 g/mol. The molecule has 4 nitrogen and oxygen atoms in total. The Bertz CT molecular complexity index is 951. The van der Waals surface area contributed by atoms with Crippen molar-refractivity contribution in [3.05, 3.63) is 69.4 Å². The average Bonchev–Trinajstić information content (AvgIpc) is 2.45. The van der Waals surface area contributed by atoms with Crippen LogP contribution >= 0.6 is 0 Å². The average molecular weight is 293 g/mol. The molecule has 0 aliphatic heterocycles. The van der Waals surface area contributed by atoms with Gasteiger partial charge >= 0.3 is 0 Å². The molecule has 0 N–H and O–H groups in total. The molecule has 0 aliphatic carbocycles. The van der Waals surface area contributed by atoms with Crippen LogP contribution in [0.3, 0.4) is 0 Å². The summed E-state index contributed by atoms with van der Waals surface area (Å²) < 4.78 is 5.79. The van der Waals surface area contributed by atoms with Crippen molar-refractivity contribution in [1.82, 2.24) is 0 Å². The van der Waals surface area contributed by atoms with Gasteiger partial charge < -0.3 is 14.3 Å². The van der Waals surface area contributed by atoms with E-state index in [9.17, 15) is 14.7 Å². The topological polar surface area (TPSA) is 70.3 Å². The number of carbonyl (C=O) groups excluding carboxylic acids is 1. The number of hydrogen-bond donors (Lipinski definition) is 0. The van der Waals surface area contributed by atoms with Gasteiger partial charge in [-0.15, -0.1) is 0 Å². The SMILES string of the molecule is Cc1cc(C)c2c(=O)cc(-c3ccccc3C(=O)[O-])oc2c1. The molecule has 0 saturated heterocycles. The van der Waals surface area contributed by atoms with E-state index < -0.39 is 5.97 Å². The second-order valence-electron chi connectivity index (χ2n) is 5.26. The summed E-state index contributed by atoms with van der Waals surface area (Å²) in [4.78, 5) is 23.6. The molecule has 3 aromatic rings. The summed E-state index contributed by atoms with van der Waals surface area (Å²) in [5.41, 5.74) is 2.40. The Kier molecular flexibility index (Phi) is 3.29. The van der Waals surface area contributed by atoms with Gasteiger partial charge in [-0.05, 0) is 31.0 Å². The van der Waals surface area contributed by atoms with E-state index in [2.05, 4.69) is 0 Å². The molecule has 0 atom stereocenters. The van der Waals surface area contributed by atoms with Crippen molar-refractivity contribution in [2.75, 3.05) is 0 Å². The van der Waals surface area contributed by atoms with E-state index in [1.54, 1.807) is 24.3 Å². The van der Waals surface area contributed by atoms with Gasteiger partial charge in [0.15, 0.2) is 5.43 Å². The molecule has 110 valence electrons. The maximum absolute atomic E-state index is 12.4. The third kappa shape index (κ3) is 2.29. The molecule has 0 spiro atoms. The normalized spacial score (nSPS) is 10.8. The predicted molar refractivity (Wildman–Crippen MR) is 81.7 cm³/mol. The lowest BCUT2D eigenvalue weighted by molar-refractivity contribution is -0.254. The van der Waals surface area contributed by atoms with Gasteiger partial charge in [0, 0.05) is 17.2 Å². The zero-order chi connectivity index (χ0) is 15.9. The molecule has 0 unspecified atom stereocenters. The molecule has 0 bridgehead atoms. The minimum Gasteiger partial charge on any atom is -0.545 e. The first-order valence-electron chi connectivity index (χ1n) is 6.83. The van der Waals surface area contributed by atoms with Gasteiger partial charge in [-0.2, -0.15) is 0 Å². The Morgan fingerprint density at radius 1 is 1.09 bits per heavy atom. The highest BCUT2D eigenvalue weighted by atomic mass is 16.4. The standard InChI is InChI=1S/C18H14O4/c1-10-7-11(2)17-14(19)9-15(22-16(17)8-10)12-5-3-4-6-13(12)18(20)21/h3-9H,1-2H3,(H,20,21)/p-1. The minimum absolute atomic E-state index is 0.00521. The lowest BCUT2D eigenvalue weighted by atomic mass is 10.0. The van der Waals surface area contributed by atoms with Crippen LogP contribution in [0.25, 0.3) is 22.3 Å². The zero-order valence-corrected chi connectivity index (χ0v) is 12.2. The number of carboxylic acid groups (broad SMARTS) is 1. The third-order valence-electron chi connectivity index (χ3n) is 3.58. The number of benzene rings is 2. The summed E-state index contributed by atoms with van der Waals surface area (Å²) in [7, 11) is 0. The van der Waals surface area contributed by atoms with Crippen LogP contribution in [-0.4, -0.2) is 5.97 Å². The van der Waals surface area contributed by atoms with Crippen LogP contribution in [0, 0.1) is 13.8 Å². The molecule has 4 heteroatoms. The van der Waals surface area contributed by atoms with Crippen LogP contribution in [0.1, 0.15) is 21.5 Å². The molecule has 1 heterocycles. The number of aromatic carboxylic acids is 1. The molecule has 0 amide bonds. The van der Waals surface area contributed by atoms with Crippen LogP contribution < -0.4 is 10.5 Å². The quantitative estimate of drug-likeness (QED) is 0.727. The number of fused-ring (bicyclic) bond motifs is 1. The van der Waals surface area contributed by atoms with Gasteiger partial charge in [-0.3, -0.25) is 4.79 Å². The first-order valence-corrected chi connectivity index (χ1v) is 6.83. The fraction of sp³-hybridized carbons (Fsp3) is 0.111. The van der Waals surface area contributed by atoms with Gasteiger partial charge in [0.25, 0.3) is 0 Å². The second kappa shape index (κ2) is 5.15. The van der Waals surface area contributed by atoms with Crippen LogP contribution in [0.2, 0.25) is 0 Å². The maximum atomic E-state index is 12.4. The highest BCUT2D eigenvalue weighted by Gasteiger charge is 2.12. The predicted octanol–water partition coefficient (Wildman–Crippen LogP) is 2.44. The fourth-order valence-corrected chi connectivity index (χ4v) is 2.67. The lowest BCUT2D eigenvalue weighted by Crippen LogP contribution is -2.23. The summed E-state index contributed by atoms with van der Waals surface area (Å²) in [6, 6.07) is 11.3. The Morgan fingerprint density at radius 2 is 1.82 bits per heavy atom. The van der Waals surface area contributed by atoms with Gasteiger partial charge in [-0.1, -0.05) is 30.3 Å². The van der Waals surface area contributed by atoms with E-state index in [1.165, 1.54) is 12.1 Å². The van der Waals surface area contributed by atoms with Crippen LogP contribution in [0.5, 0.6) is 0 Å². The van der Waals surface area contributed by atoms with Crippen molar-refractivity contribution in [3.8, 4) is 11.3 Å². The van der Waals surface area contributed by atoms with Gasteiger partial charge in [0.05, 0.1) is 11.4 Å². The van der Waals surface area contributed by atoms with E-state index in [1.807, 2.05) is 19.9 Å². The van der Waals surface area contributed by atoms with E-state index in [0.717, 1.165) is 11.1 Å². The van der Waals surface area contributed by atoms with E-state index in [4.69, 9.17) is 4.42 Å². The minimum atomic E-state index is -1.31. The molecule has 0 fully saturated rings. The number of carbonyl (C=O) groups is 1. The Labute approximate surface area is 126 Å². The fourth-order valence-electron chi connectivity index (χ4n) is 2.67. The number of rotatable bonds is 2. The second-order valence-corrected chi connectivity index (χ2v) is 5.26. The molecule has 3 rings (SSSR count). The Hall–Kier alpha value is -2.88. The van der Waals surface area contributed by atoms with E-state index >= 15 is 0 Å². The first-order chi connectivity index (χ1) is 10.5. The highest BCUT2D eigenvalue weighted by molar-refractivity contribution is 5.94. The van der Waals surface area contributed by atoms with Crippen molar-refractivity contribution in [2.24, 2.45) is 0 Å². The van der Waals surface area contributed by atoms with Crippen molar-refractivity contribution >= 4 is 16.9 Å². The number of hydrogen-bond acceptors (Lipinski definition) is 4. The molecule has 1 aromatic heterocycles. The van der Waals surface area contributed by atoms with Crippen molar-refractivity contribution in [3.63, 3.8) is 0 Å². The molecule has 0 aliphatic rings. The van der Waals surface area contributed by atoms with Crippen LogP contribution in [0.15, 0.2) is 51.7 Å². The van der Waals surface area contributed by atoms with Crippen molar-refractivity contribution < 1.29 is 14.3 Å². The molecule has 2 aromatic carbocycles. The third-order valence-corrected chi connectivity index (χ3v) is 3.58. The Balaban J connectivity index is 2.35. The zero-order valence-electron chi connectivity index (χ0n) is 12.2. The Morgan fingerprint density at radius 3 is 2.55 bits per heavy atom. The molecule has 22 heavy (non-hydrogen) atoms. The summed E-state index contributed by atoms with van der Waals surface area (Å²) >= 11 is 0. The maximum Gasteiger partial charge on any atom is 0.193 e. The number of carboxylic acids is 1. The van der Waals surface area contributed by atoms with E-state index in [0.29, 0.717) is 16.5 Å². The highest BCUT2D eigenvalue weighted by Crippen LogP contribution is 2.26. The summed E-state index contributed by atoms with van der Waals surface area (Å²) in [5.74, 6) is -1.08. The van der Waals surface area contributed by atoms with Crippen LogP contribution in [-0.2, 0) is 0 Å². The smallest absolute Gasteiger partial charge is 0.193 e. The summed E-state index contributed by atoms with van der Waals surface area (Å²) in [5, 5.41) is 11.7.